The zero-order valence-electron chi connectivity index (χ0n) is 10.5. The molecule has 0 fully saturated rings. The monoisotopic (exact) mass is 316 g/mol. The normalized spacial score (nSPS) is 13.6. The van der Waals surface area contributed by atoms with Gasteiger partial charge in [-0.1, -0.05) is 12.1 Å². The van der Waals surface area contributed by atoms with Crippen LogP contribution < -0.4 is 0 Å². The molecule has 1 heterocycles. The van der Waals surface area contributed by atoms with E-state index in [1.807, 2.05) is 12.1 Å². The van der Waals surface area contributed by atoms with Gasteiger partial charge in [0.05, 0.1) is 17.2 Å². The van der Waals surface area contributed by atoms with Gasteiger partial charge in [0, 0.05) is 22.8 Å². The van der Waals surface area contributed by atoms with Crippen LogP contribution in [0.15, 0.2) is 47.1 Å². The second-order valence-corrected chi connectivity index (χ2v) is 5.52. The Morgan fingerprint density at radius 1 is 1.26 bits per heavy atom. The summed E-state index contributed by atoms with van der Waals surface area (Å²) >= 11 is 3.33. The van der Waals surface area contributed by atoms with Gasteiger partial charge in [-0.15, -0.1) is 0 Å². The van der Waals surface area contributed by atoms with Crippen molar-refractivity contribution in [3.8, 4) is 6.07 Å². The molecule has 0 saturated heterocycles. The van der Waals surface area contributed by atoms with E-state index in [4.69, 9.17) is 5.26 Å². The molecule has 0 radical (unpaired) electrons. The summed E-state index contributed by atoms with van der Waals surface area (Å²) in [6.45, 7) is 1.75. The minimum Gasteiger partial charge on any atom is -0.385 e. The molecule has 1 aromatic heterocycles. The molecule has 96 valence electrons. The van der Waals surface area contributed by atoms with Crippen LogP contribution in [0.1, 0.15) is 23.7 Å². The number of aromatic nitrogens is 1. The molecule has 2 rings (SSSR count). The number of nitriles is 1. The number of nitrogens with zero attached hydrogens (tertiary/aromatic N) is 2. The lowest BCUT2D eigenvalue weighted by Crippen LogP contribution is -2.24. The van der Waals surface area contributed by atoms with Crippen molar-refractivity contribution < 1.29 is 5.11 Å². The van der Waals surface area contributed by atoms with E-state index >= 15 is 0 Å². The molecule has 1 aromatic carbocycles. The average Bonchev–Trinajstić information content (AvgIpc) is 2.41. The second kappa shape index (κ2) is 5.52. The van der Waals surface area contributed by atoms with Crippen LogP contribution in [0.4, 0.5) is 0 Å². The number of pyridine rings is 1. The summed E-state index contributed by atoms with van der Waals surface area (Å²) in [5.74, 6) is 0. The molecule has 1 N–H and O–H groups in total. The predicted octanol–water partition coefficient (Wildman–Crippen LogP) is 3.17. The Balaban J connectivity index is 2.21. The first-order valence-corrected chi connectivity index (χ1v) is 6.64. The van der Waals surface area contributed by atoms with E-state index in [1.54, 1.807) is 37.4 Å². The highest BCUT2D eigenvalue weighted by Gasteiger charge is 2.24. The highest BCUT2D eigenvalue weighted by molar-refractivity contribution is 9.10. The summed E-state index contributed by atoms with van der Waals surface area (Å²) in [6, 6.07) is 12.8. The maximum atomic E-state index is 10.5. The van der Waals surface area contributed by atoms with Crippen molar-refractivity contribution in [1.29, 1.82) is 5.26 Å². The third kappa shape index (κ3) is 3.40. The first-order valence-electron chi connectivity index (χ1n) is 5.85. The molecule has 2 aromatic rings. The van der Waals surface area contributed by atoms with Crippen LogP contribution in [0.3, 0.4) is 0 Å². The summed E-state index contributed by atoms with van der Waals surface area (Å²) in [4.78, 5) is 4.26. The Kier molecular flexibility index (Phi) is 3.98. The number of benzene rings is 1. The van der Waals surface area contributed by atoms with Crippen molar-refractivity contribution >= 4 is 15.9 Å². The van der Waals surface area contributed by atoms with Gasteiger partial charge in [0.15, 0.2) is 0 Å². The van der Waals surface area contributed by atoms with E-state index in [0.29, 0.717) is 12.0 Å². The van der Waals surface area contributed by atoms with Gasteiger partial charge in [0.2, 0.25) is 0 Å². The van der Waals surface area contributed by atoms with E-state index in [-0.39, 0.29) is 0 Å². The largest absolute Gasteiger partial charge is 0.385 e. The van der Waals surface area contributed by atoms with E-state index in [1.165, 1.54) is 0 Å². The molecule has 0 saturated carbocycles. The van der Waals surface area contributed by atoms with Gasteiger partial charge in [-0.3, -0.25) is 4.98 Å². The molecule has 0 spiro atoms. The van der Waals surface area contributed by atoms with E-state index in [2.05, 4.69) is 27.0 Å². The molecule has 1 atom stereocenters. The summed E-state index contributed by atoms with van der Waals surface area (Å²) < 4.78 is 0.911. The van der Waals surface area contributed by atoms with Gasteiger partial charge >= 0.3 is 0 Å². The Bertz CT molecular complexity index is 598. The Hall–Kier alpha value is -1.70. The standard InChI is InChI=1S/C15H13BrN2O/c1-15(19,8-14-7-6-13(16)10-18-14)12-4-2-11(9-17)3-5-12/h2-7,10,19H,8H2,1H3. The summed E-state index contributed by atoms with van der Waals surface area (Å²) in [6.07, 6.45) is 2.14. The van der Waals surface area contributed by atoms with Crippen molar-refractivity contribution in [1.82, 2.24) is 4.98 Å². The van der Waals surface area contributed by atoms with E-state index in [0.717, 1.165) is 15.7 Å². The number of halogens is 1. The van der Waals surface area contributed by atoms with Gasteiger partial charge in [0.25, 0.3) is 0 Å². The maximum absolute atomic E-state index is 10.5. The van der Waals surface area contributed by atoms with Gasteiger partial charge in [-0.25, -0.2) is 0 Å². The fraction of sp³-hybridized carbons (Fsp3) is 0.200. The van der Waals surface area contributed by atoms with Crippen LogP contribution in [-0.2, 0) is 12.0 Å². The highest BCUT2D eigenvalue weighted by atomic mass is 79.9. The number of rotatable bonds is 3. The Morgan fingerprint density at radius 3 is 2.47 bits per heavy atom. The van der Waals surface area contributed by atoms with Crippen LogP contribution in [-0.4, -0.2) is 10.1 Å². The molecule has 19 heavy (non-hydrogen) atoms. The third-order valence-electron chi connectivity index (χ3n) is 2.95. The molecular formula is C15H13BrN2O. The highest BCUT2D eigenvalue weighted by Crippen LogP contribution is 2.25. The minimum atomic E-state index is -1.01. The Morgan fingerprint density at radius 2 is 1.95 bits per heavy atom. The van der Waals surface area contributed by atoms with Crippen molar-refractivity contribution in [3.63, 3.8) is 0 Å². The minimum absolute atomic E-state index is 0.423. The van der Waals surface area contributed by atoms with Crippen LogP contribution in [0, 0.1) is 11.3 Å². The van der Waals surface area contributed by atoms with Crippen molar-refractivity contribution in [2.24, 2.45) is 0 Å². The van der Waals surface area contributed by atoms with Crippen molar-refractivity contribution in [2.75, 3.05) is 0 Å². The number of hydrogen-bond donors (Lipinski definition) is 1. The summed E-state index contributed by atoms with van der Waals surface area (Å²) in [5, 5.41) is 19.3. The summed E-state index contributed by atoms with van der Waals surface area (Å²) in [7, 11) is 0. The predicted molar refractivity (Wildman–Crippen MR) is 76.4 cm³/mol. The third-order valence-corrected chi connectivity index (χ3v) is 3.42. The molecule has 0 bridgehead atoms. The van der Waals surface area contributed by atoms with Crippen molar-refractivity contribution in [3.05, 3.63) is 63.9 Å². The van der Waals surface area contributed by atoms with Crippen LogP contribution >= 0.6 is 15.9 Å². The zero-order chi connectivity index (χ0) is 13.9. The fourth-order valence-corrected chi connectivity index (χ4v) is 2.10. The van der Waals surface area contributed by atoms with E-state index < -0.39 is 5.60 Å². The molecule has 4 heteroatoms. The smallest absolute Gasteiger partial charge is 0.0991 e. The van der Waals surface area contributed by atoms with Gasteiger partial charge < -0.3 is 5.11 Å². The van der Waals surface area contributed by atoms with Gasteiger partial charge in [-0.05, 0) is 52.7 Å². The molecule has 0 aliphatic rings. The zero-order valence-corrected chi connectivity index (χ0v) is 12.1. The fourth-order valence-electron chi connectivity index (χ4n) is 1.87. The lowest BCUT2D eigenvalue weighted by atomic mass is 9.90. The lowest BCUT2D eigenvalue weighted by molar-refractivity contribution is 0.0566. The van der Waals surface area contributed by atoms with Crippen LogP contribution in [0.2, 0.25) is 0 Å². The maximum Gasteiger partial charge on any atom is 0.0991 e. The molecule has 0 aliphatic carbocycles. The molecule has 3 nitrogen and oxygen atoms in total. The van der Waals surface area contributed by atoms with E-state index in [9.17, 15) is 5.11 Å². The SMILES string of the molecule is CC(O)(Cc1ccc(Br)cn1)c1ccc(C#N)cc1. The lowest BCUT2D eigenvalue weighted by Gasteiger charge is -2.23. The number of hydrogen-bond acceptors (Lipinski definition) is 3. The first-order chi connectivity index (χ1) is 9.01. The quantitative estimate of drug-likeness (QED) is 0.946. The molecule has 0 aliphatic heterocycles. The topological polar surface area (TPSA) is 56.9 Å². The molecular weight excluding hydrogens is 304 g/mol. The van der Waals surface area contributed by atoms with Crippen LogP contribution in [0.25, 0.3) is 0 Å². The molecule has 0 amide bonds. The van der Waals surface area contributed by atoms with Crippen LogP contribution in [0.5, 0.6) is 0 Å². The van der Waals surface area contributed by atoms with Gasteiger partial charge in [0.1, 0.15) is 0 Å². The second-order valence-electron chi connectivity index (χ2n) is 4.61. The summed E-state index contributed by atoms with van der Waals surface area (Å²) in [5.41, 5.74) is 1.17. The van der Waals surface area contributed by atoms with Gasteiger partial charge in [-0.2, -0.15) is 5.26 Å². The number of aliphatic hydroxyl groups is 1. The Labute approximate surface area is 120 Å². The first kappa shape index (κ1) is 13.7. The molecule has 1 unspecified atom stereocenters. The van der Waals surface area contributed by atoms with Crippen molar-refractivity contribution in [2.45, 2.75) is 18.9 Å². The average molecular weight is 317 g/mol.